The maximum Gasteiger partial charge on any atom is 0.212 e. The zero-order chi connectivity index (χ0) is 13.8. The molecule has 0 heterocycles. The molecule has 1 aromatic rings. The van der Waals surface area contributed by atoms with E-state index in [1.165, 1.54) is 0 Å². The van der Waals surface area contributed by atoms with E-state index in [-0.39, 0.29) is 12.4 Å². The molecule has 0 spiro atoms. The van der Waals surface area contributed by atoms with Crippen LogP contribution in [0.5, 0.6) is 0 Å². The number of hydrogen-bond acceptors (Lipinski definition) is 3. The highest BCUT2D eigenvalue weighted by Gasteiger charge is 2.36. The van der Waals surface area contributed by atoms with Crippen LogP contribution in [-0.4, -0.2) is 31.4 Å². The normalized spacial score (nSPS) is 18.6. The van der Waals surface area contributed by atoms with Gasteiger partial charge in [-0.1, -0.05) is 43.2 Å². The van der Waals surface area contributed by atoms with Crippen LogP contribution < -0.4 is 4.72 Å². The number of aliphatic hydroxyl groups excluding tert-OH is 1. The van der Waals surface area contributed by atoms with Crippen molar-refractivity contribution in [3.8, 4) is 0 Å². The zero-order valence-corrected chi connectivity index (χ0v) is 11.8. The van der Waals surface area contributed by atoms with Gasteiger partial charge < -0.3 is 5.11 Å². The number of sulfonamides is 1. The molecule has 0 unspecified atom stereocenters. The molecule has 0 radical (unpaired) electrons. The second kappa shape index (κ2) is 6.03. The highest BCUT2D eigenvalue weighted by molar-refractivity contribution is 7.89. The van der Waals surface area contributed by atoms with E-state index in [4.69, 9.17) is 0 Å². The van der Waals surface area contributed by atoms with E-state index in [1.54, 1.807) is 0 Å². The molecule has 1 saturated carbocycles. The first-order chi connectivity index (χ1) is 9.05. The molecule has 0 atom stereocenters. The molecule has 0 amide bonds. The molecular weight excluding hydrogens is 262 g/mol. The largest absolute Gasteiger partial charge is 0.394 e. The monoisotopic (exact) mass is 283 g/mol. The highest BCUT2D eigenvalue weighted by atomic mass is 32.2. The average molecular weight is 283 g/mol. The Morgan fingerprint density at radius 3 is 2.37 bits per heavy atom. The number of aryl methyl sites for hydroxylation is 1. The van der Waals surface area contributed by atoms with Gasteiger partial charge in [0.2, 0.25) is 10.0 Å². The summed E-state index contributed by atoms with van der Waals surface area (Å²) in [7, 11) is -3.34. The van der Waals surface area contributed by atoms with Crippen LogP contribution in [0.1, 0.15) is 31.2 Å². The third kappa shape index (κ3) is 4.03. The van der Waals surface area contributed by atoms with Crippen molar-refractivity contribution in [3.05, 3.63) is 35.9 Å². The predicted molar refractivity (Wildman–Crippen MR) is 75.4 cm³/mol. The van der Waals surface area contributed by atoms with E-state index in [0.717, 1.165) is 31.2 Å². The maximum absolute atomic E-state index is 12.1. The van der Waals surface area contributed by atoms with Gasteiger partial charge in [0.25, 0.3) is 0 Å². The Labute approximate surface area is 114 Å². The molecule has 0 aromatic heterocycles. The predicted octanol–water partition coefficient (Wildman–Crippen LogP) is 1.45. The van der Waals surface area contributed by atoms with E-state index in [1.807, 2.05) is 30.3 Å². The summed E-state index contributed by atoms with van der Waals surface area (Å²) in [5, 5.41) is 9.44. The molecule has 0 saturated heterocycles. The molecule has 2 rings (SSSR count). The van der Waals surface area contributed by atoms with Crippen molar-refractivity contribution >= 4 is 10.0 Å². The molecule has 2 N–H and O–H groups in total. The first kappa shape index (κ1) is 14.5. The standard InChI is InChI=1S/C14H21NO3S/c16-12-14(9-4-5-10-14)15-19(17,18)11-8-13-6-2-1-3-7-13/h1-3,6-7,15-16H,4-5,8-12H2. The molecule has 1 fully saturated rings. The fraction of sp³-hybridized carbons (Fsp3) is 0.571. The van der Waals surface area contributed by atoms with Crippen molar-refractivity contribution in [1.29, 1.82) is 0 Å². The third-order valence-corrected chi connectivity index (χ3v) is 5.22. The third-order valence-electron chi connectivity index (χ3n) is 3.74. The fourth-order valence-corrected chi connectivity index (χ4v) is 4.16. The number of aliphatic hydroxyl groups is 1. The van der Waals surface area contributed by atoms with E-state index in [9.17, 15) is 13.5 Å². The van der Waals surface area contributed by atoms with Crippen LogP contribution in [0.2, 0.25) is 0 Å². The first-order valence-corrected chi connectivity index (χ1v) is 8.37. The highest BCUT2D eigenvalue weighted by Crippen LogP contribution is 2.29. The van der Waals surface area contributed by atoms with Gasteiger partial charge in [-0.25, -0.2) is 13.1 Å². The Hall–Kier alpha value is -0.910. The number of hydrogen-bond donors (Lipinski definition) is 2. The molecule has 0 aliphatic heterocycles. The van der Waals surface area contributed by atoms with Gasteiger partial charge in [-0.15, -0.1) is 0 Å². The number of rotatable bonds is 6. The second-order valence-electron chi connectivity index (χ2n) is 5.30. The molecule has 4 nitrogen and oxygen atoms in total. The summed E-state index contributed by atoms with van der Waals surface area (Å²) in [6, 6.07) is 9.57. The van der Waals surface area contributed by atoms with Gasteiger partial charge in [0.05, 0.1) is 17.9 Å². The molecule has 1 aliphatic carbocycles. The summed E-state index contributed by atoms with van der Waals surface area (Å²) < 4.78 is 26.9. The fourth-order valence-electron chi connectivity index (χ4n) is 2.62. The topological polar surface area (TPSA) is 66.4 Å². The van der Waals surface area contributed by atoms with Gasteiger partial charge >= 0.3 is 0 Å². The lowest BCUT2D eigenvalue weighted by atomic mass is 10.0. The van der Waals surface area contributed by atoms with Crippen LogP contribution in [0.25, 0.3) is 0 Å². The van der Waals surface area contributed by atoms with Crippen molar-refractivity contribution in [2.45, 2.75) is 37.6 Å². The summed E-state index contributed by atoms with van der Waals surface area (Å²) in [6.07, 6.45) is 3.91. The van der Waals surface area contributed by atoms with Gasteiger partial charge in [0.15, 0.2) is 0 Å². The van der Waals surface area contributed by atoms with Gasteiger partial charge in [0.1, 0.15) is 0 Å². The summed E-state index contributed by atoms with van der Waals surface area (Å²) in [4.78, 5) is 0. The minimum Gasteiger partial charge on any atom is -0.394 e. The SMILES string of the molecule is O=S(=O)(CCc1ccccc1)NC1(CO)CCCC1. The molecule has 106 valence electrons. The molecule has 19 heavy (non-hydrogen) atoms. The lowest BCUT2D eigenvalue weighted by molar-refractivity contribution is 0.185. The van der Waals surface area contributed by atoms with Gasteiger partial charge in [-0.05, 0) is 24.8 Å². The Kier molecular flexibility index (Phi) is 4.60. The quantitative estimate of drug-likeness (QED) is 0.830. The van der Waals surface area contributed by atoms with Crippen LogP contribution >= 0.6 is 0 Å². The Morgan fingerprint density at radius 1 is 1.16 bits per heavy atom. The average Bonchev–Trinajstić information content (AvgIpc) is 2.86. The van der Waals surface area contributed by atoms with Crippen LogP contribution in [0.15, 0.2) is 30.3 Å². The van der Waals surface area contributed by atoms with E-state index >= 15 is 0 Å². The van der Waals surface area contributed by atoms with Crippen LogP contribution in [0, 0.1) is 0 Å². The molecule has 5 heteroatoms. The molecule has 1 aromatic carbocycles. The van der Waals surface area contributed by atoms with E-state index in [0.29, 0.717) is 6.42 Å². The Morgan fingerprint density at radius 2 is 1.79 bits per heavy atom. The van der Waals surface area contributed by atoms with E-state index < -0.39 is 15.6 Å². The number of benzene rings is 1. The van der Waals surface area contributed by atoms with Gasteiger partial charge in [-0.2, -0.15) is 0 Å². The second-order valence-corrected chi connectivity index (χ2v) is 7.14. The summed E-state index contributed by atoms with van der Waals surface area (Å²) >= 11 is 0. The number of nitrogens with one attached hydrogen (secondary N) is 1. The lowest BCUT2D eigenvalue weighted by Gasteiger charge is -2.27. The molecular formula is C14H21NO3S. The first-order valence-electron chi connectivity index (χ1n) is 6.72. The van der Waals surface area contributed by atoms with Crippen molar-refractivity contribution in [2.24, 2.45) is 0 Å². The van der Waals surface area contributed by atoms with Crippen molar-refractivity contribution in [2.75, 3.05) is 12.4 Å². The summed E-state index contributed by atoms with van der Waals surface area (Å²) in [5.74, 6) is 0.0682. The summed E-state index contributed by atoms with van der Waals surface area (Å²) in [5.41, 5.74) is 0.396. The van der Waals surface area contributed by atoms with Crippen molar-refractivity contribution in [3.63, 3.8) is 0 Å². The van der Waals surface area contributed by atoms with Crippen LogP contribution in [-0.2, 0) is 16.4 Å². The Balaban J connectivity index is 1.95. The van der Waals surface area contributed by atoms with Crippen LogP contribution in [0.3, 0.4) is 0 Å². The van der Waals surface area contributed by atoms with E-state index in [2.05, 4.69) is 4.72 Å². The maximum atomic E-state index is 12.1. The molecule has 1 aliphatic rings. The van der Waals surface area contributed by atoms with Crippen molar-refractivity contribution in [1.82, 2.24) is 4.72 Å². The van der Waals surface area contributed by atoms with Gasteiger partial charge in [-0.3, -0.25) is 0 Å². The van der Waals surface area contributed by atoms with Crippen molar-refractivity contribution < 1.29 is 13.5 Å². The lowest BCUT2D eigenvalue weighted by Crippen LogP contribution is -2.50. The summed E-state index contributed by atoms with van der Waals surface area (Å²) in [6.45, 7) is -0.114. The minimum atomic E-state index is -3.34. The molecule has 0 bridgehead atoms. The smallest absolute Gasteiger partial charge is 0.212 e. The van der Waals surface area contributed by atoms with Crippen LogP contribution in [0.4, 0.5) is 0 Å². The Bertz CT molecular complexity index is 493. The minimum absolute atomic E-state index is 0.0682. The van der Waals surface area contributed by atoms with Gasteiger partial charge in [0, 0.05) is 0 Å². The zero-order valence-electron chi connectivity index (χ0n) is 11.0.